The van der Waals surface area contributed by atoms with E-state index in [-0.39, 0.29) is 17.4 Å². The van der Waals surface area contributed by atoms with Crippen LogP contribution >= 0.6 is 0 Å². The second kappa shape index (κ2) is 5.43. The fourth-order valence-electron chi connectivity index (χ4n) is 1.38. The number of benzene rings is 1. The largest absolute Gasteiger partial charge is 0.496 e. The van der Waals surface area contributed by atoms with Gasteiger partial charge in [-0.3, -0.25) is 0 Å². The van der Waals surface area contributed by atoms with Crippen molar-refractivity contribution < 1.29 is 24.1 Å². The Morgan fingerprint density at radius 2 is 1.71 bits per heavy atom. The molecule has 0 unspecified atom stereocenters. The second-order valence-corrected chi connectivity index (χ2v) is 3.68. The van der Waals surface area contributed by atoms with E-state index in [1.165, 1.54) is 26.4 Å². The maximum absolute atomic E-state index is 11.0. The van der Waals surface area contributed by atoms with Crippen LogP contribution in [-0.4, -0.2) is 31.4 Å². The van der Waals surface area contributed by atoms with Gasteiger partial charge in [0.25, 0.3) is 0 Å². The van der Waals surface area contributed by atoms with Crippen molar-refractivity contribution >= 4 is 5.97 Å². The van der Waals surface area contributed by atoms with E-state index >= 15 is 0 Å². The van der Waals surface area contributed by atoms with Gasteiger partial charge in [-0.25, -0.2) is 4.79 Å². The van der Waals surface area contributed by atoms with Gasteiger partial charge in [0.1, 0.15) is 11.3 Å². The van der Waals surface area contributed by atoms with Gasteiger partial charge in [-0.05, 0) is 13.8 Å². The molecule has 0 atom stereocenters. The number of ether oxygens (including phenoxy) is 3. The molecule has 94 valence electrons. The summed E-state index contributed by atoms with van der Waals surface area (Å²) in [6.45, 7) is 3.74. The Balaban J connectivity index is 3.27. The minimum atomic E-state index is -1.07. The monoisotopic (exact) mass is 240 g/mol. The normalized spacial score (nSPS) is 10.2. The zero-order valence-corrected chi connectivity index (χ0v) is 10.3. The lowest BCUT2D eigenvalue weighted by atomic mass is 10.1. The lowest BCUT2D eigenvalue weighted by Crippen LogP contribution is -2.08. The average Bonchev–Trinajstić information content (AvgIpc) is 2.27. The van der Waals surface area contributed by atoms with Gasteiger partial charge in [-0.2, -0.15) is 0 Å². The molecule has 0 aliphatic carbocycles. The first-order valence-electron chi connectivity index (χ1n) is 5.15. The summed E-state index contributed by atoms with van der Waals surface area (Å²) in [5, 5.41) is 9.01. The second-order valence-electron chi connectivity index (χ2n) is 3.68. The highest BCUT2D eigenvalue weighted by Gasteiger charge is 2.17. The molecular weight excluding hydrogens is 224 g/mol. The fraction of sp³-hybridized carbons (Fsp3) is 0.417. The molecule has 0 spiro atoms. The molecule has 5 nitrogen and oxygen atoms in total. The highest BCUT2D eigenvalue weighted by molar-refractivity contribution is 5.92. The number of carboxylic acids is 1. The molecule has 0 saturated heterocycles. The summed E-state index contributed by atoms with van der Waals surface area (Å²) < 4.78 is 15.6. The molecule has 0 radical (unpaired) electrons. The molecular formula is C12H16O5. The summed E-state index contributed by atoms with van der Waals surface area (Å²) in [5.74, 6) is 0.00597. The van der Waals surface area contributed by atoms with Crippen LogP contribution in [0.15, 0.2) is 12.1 Å². The van der Waals surface area contributed by atoms with Gasteiger partial charge >= 0.3 is 5.97 Å². The van der Waals surface area contributed by atoms with Crippen molar-refractivity contribution in [1.29, 1.82) is 0 Å². The summed E-state index contributed by atoms with van der Waals surface area (Å²) >= 11 is 0. The molecule has 0 heterocycles. The number of methoxy groups -OCH3 is 2. The number of aromatic carboxylic acids is 1. The highest BCUT2D eigenvalue weighted by Crippen LogP contribution is 2.35. The minimum absolute atomic E-state index is 0.0377. The lowest BCUT2D eigenvalue weighted by molar-refractivity contribution is 0.0692. The van der Waals surface area contributed by atoms with E-state index < -0.39 is 5.97 Å². The summed E-state index contributed by atoms with van der Waals surface area (Å²) in [4.78, 5) is 11.0. The van der Waals surface area contributed by atoms with Crippen LogP contribution in [0.25, 0.3) is 0 Å². The third kappa shape index (κ3) is 3.03. The van der Waals surface area contributed by atoms with Crippen molar-refractivity contribution in [2.45, 2.75) is 20.0 Å². The fourth-order valence-corrected chi connectivity index (χ4v) is 1.38. The Morgan fingerprint density at radius 1 is 1.12 bits per heavy atom. The van der Waals surface area contributed by atoms with Gasteiger partial charge < -0.3 is 19.3 Å². The maximum Gasteiger partial charge on any atom is 0.339 e. The van der Waals surface area contributed by atoms with Crippen LogP contribution in [0, 0.1) is 0 Å². The first-order valence-corrected chi connectivity index (χ1v) is 5.15. The SMILES string of the molecule is COc1cc(C(=O)O)c(OC)cc1OC(C)C. The van der Waals surface area contributed by atoms with Crippen LogP contribution in [0.3, 0.4) is 0 Å². The molecule has 5 heteroatoms. The summed E-state index contributed by atoms with van der Waals surface area (Å²) in [6.07, 6.45) is -0.0377. The standard InChI is InChI=1S/C12H16O5/c1-7(2)17-11-6-9(15-3)8(12(13)14)5-10(11)16-4/h5-7H,1-4H3,(H,13,14). The van der Waals surface area contributed by atoms with Crippen LogP contribution in [0.4, 0.5) is 0 Å². The van der Waals surface area contributed by atoms with Crippen LogP contribution in [0.5, 0.6) is 17.2 Å². The molecule has 0 saturated carbocycles. The number of rotatable bonds is 5. The van der Waals surface area contributed by atoms with E-state index in [1.54, 1.807) is 0 Å². The number of carbonyl (C=O) groups is 1. The Labute approximate surface area is 99.9 Å². The molecule has 17 heavy (non-hydrogen) atoms. The zero-order chi connectivity index (χ0) is 13.0. The van der Waals surface area contributed by atoms with E-state index in [2.05, 4.69) is 0 Å². The minimum Gasteiger partial charge on any atom is -0.496 e. The number of hydrogen-bond donors (Lipinski definition) is 1. The molecule has 1 aromatic carbocycles. The topological polar surface area (TPSA) is 65.0 Å². The first kappa shape index (κ1) is 13.2. The van der Waals surface area contributed by atoms with Gasteiger partial charge in [0, 0.05) is 12.1 Å². The van der Waals surface area contributed by atoms with Gasteiger partial charge in [-0.1, -0.05) is 0 Å². The van der Waals surface area contributed by atoms with Gasteiger partial charge in [0.2, 0.25) is 0 Å². The summed E-state index contributed by atoms with van der Waals surface area (Å²) in [6, 6.07) is 2.90. The van der Waals surface area contributed by atoms with Gasteiger partial charge in [0.15, 0.2) is 11.5 Å². The quantitative estimate of drug-likeness (QED) is 0.854. The molecule has 1 aromatic rings. The highest BCUT2D eigenvalue weighted by atomic mass is 16.5. The summed E-state index contributed by atoms with van der Waals surface area (Å²) in [7, 11) is 2.87. The molecule has 0 amide bonds. The molecule has 1 N–H and O–H groups in total. The number of hydrogen-bond acceptors (Lipinski definition) is 4. The smallest absolute Gasteiger partial charge is 0.339 e. The van der Waals surface area contributed by atoms with Crippen molar-refractivity contribution in [1.82, 2.24) is 0 Å². The Hall–Kier alpha value is -1.91. The predicted octanol–water partition coefficient (Wildman–Crippen LogP) is 2.19. The van der Waals surface area contributed by atoms with Gasteiger partial charge in [0.05, 0.1) is 20.3 Å². The molecule has 1 rings (SSSR count). The summed E-state index contributed by atoms with van der Waals surface area (Å²) in [5.41, 5.74) is 0.0421. The van der Waals surface area contributed by atoms with Crippen molar-refractivity contribution in [3.8, 4) is 17.2 Å². The lowest BCUT2D eigenvalue weighted by Gasteiger charge is -2.15. The Bertz CT molecular complexity index is 412. The molecule has 0 aromatic heterocycles. The molecule has 0 fully saturated rings. The van der Waals surface area contributed by atoms with Crippen molar-refractivity contribution in [3.63, 3.8) is 0 Å². The van der Waals surface area contributed by atoms with E-state index in [1.807, 2.05) is 13.8 Å². The van der Waals surface area contributed by atoms with E-state index in [4.69, 9.17) is 19.3 Å². The zero-order valence-electron chi connectivity index (χ0n) is 10.3. The van der Waals surface area contributed by atoms with E-state index in [9.17, 15) is 4.79 Å². The maximum atomic E-state index is 11.0. The Morgan fingerprint density at radius 3 is 2.12 bits per heavy atom. The predicted molar refractivity (Wildman–Crippen MR) is 62.3 cm³/mol. The van der Waals surface area contributed by atoms with Crippen LogP contribution in [0.2, 0.25) is 0 Å². The van der Waals surface area contributed by atoms with E-state index in [0.29, 0.717) is 11.5 Å². The molecule has 0 bridgehead atoms. The molecule has 0 aliphatic rings. The average molecular weight is 240 g/mol. The van der Waals surface area contributed by atoms with Crippen LogP contribution < -0.4 is 14.2 Å². The van der Waals surface area contributed by atoms with Crippen molar-refractivity contribution in [3.05, 3.63) is 17.7 Å². The van der Waals surface area contributed by atoms with Crippen LogP contribution in [0.1, 0.15) is 24.2 Å². The Kier molecular flexibility index (Phi) is 4.20. The molecule has 0 aliphatic heterocycles. The first-order chi connectivity index (χ1) is 7.99. The number of carboxylic acid groups (broad SMARTS) is 1. The third-order valence-electron chi connectivity index (χ3n) is 2.08. The van der Waals surface area contributed by atoms with Crippen molar-refractivity contribution in [2.75, 3.05) is 14.2 Å². The third-order valence-corrected chi connectivity index (χ3v) is 2.08. The van der Waals surface area contributed by atoms with Crippen LogP contribution in [-0.2, 0) is 0 Å². The van der Waals surface area contributed by atoms with Crippen molar-refractivity contribution in [2.24, 2.45) is 0 Å². The van der Waals surface area contributed by atoms with E-state index in [0.717, 1.165) is 0 Å². The van der Waals surface area contributed by atoms with Gasteiger partial charge in [-0.15, -0.1) is 0 Å².